The Kier molecular flexibility index (Phi) is 4.90. The quantitative estimate of drug-likeness (QED) is 0.726. The average Bonchev–Trinajstić information content (AvgIpc) is 2.26. The molecule has 1 N–H and O–H groups in total. The number of carbonyl (C=O) groups is 2. The molecule has 0 aliphatic carbocycles. The molecule has 0 unspecified atom stereocenters. The molecule has 0 fully saturated rings. The summed E-state index contributed by atoms with van der Waals surface area (Å²) in [6.07, 6.45) is 3.08. The fourth-order valence-corrected chi connectivity index (χ4v) is 1.56. The van der Waals surface area contributed by atoms with Crippen molar-refractivity contribution in [3.8, 4) is 0 Å². The van der Waals surface area contributed by atoms with Gasteiger partial charge in [-0.2, -0.15) is 0 Å². The summed E-state index contributed by atoms with van der Waals surface area (Å²) in [5, 5.41) is 3.14. The van der Waals surface area contributed by atoms with Crippen molar-refractivity contribution < 1.29 is 19.1 Å². The van der Waals surface area contributed by atoms with E-state index in [1.807, 2.05) is 6.08 Å². The van der Waals surface area contributed by atoms with Crippen LogP contribution in [0.3, 0.4) is 0 Å². The molecule has 94 valence electrons. The zero-order valence-electron chi connectivity index (χ0n) is 10.1. The molecule has 1 aliphatic heterocycles. The fourth-order valence-electron chi connectivity index (χ4n) is 1.56. The van der Waals surface area contributed by atoms with Crippen LogP contribution in [0.4, 0.5) is 0 Å². The maximum absolute atomic E-state index is 11.0. The molecule has 17 heavy (non-hydrogen) atoms. The van der Waals surface area contributed by atoms with Gasteiger partial charge < -0.3 is 14.8 Å². The second-order valence-electron chi connectivity index (χ2n) is 3.81. The Hall–Kier alpha value is -1.62. The molecule has 0 spiro atoms. The van der Waals surface area contributed by atoms with Crippen molar-refractivity contribution in [1.82, 2.24) is 5.32 Å². The summed E-state index contributed by atoms with van der Waals surface area (Å²) in [4.78, 5) is 21.7. The van der Waals surface area contributed by atoms with Crippen molar-refractivity contribution >= 4 is 11.9 Å². The largest absolute Gasteiger partial charge is 0.464 e. The van der Waals surface area contributed by atoms with Gasteiger partial charge in [-0.1, -0.05) is 12.7 Å². The lowest BCUT2D eigenvalue weighted by atomic mass is 10.0. The van der Waals surface area contributed by atoms with Crippen LogP contribution in [0, 0.1) is 0 Å². The topological polar surface area (TPSA) is 64.6 Å². The SMILES string of the molecule is C=CC1=C[C@H](OC(C)=O)[C@@H](COC(C)=O)NC1. The normalized spacial score (nSPS) is 23.5. The molecule has 2 atom stereocenters. The van der Waals surface area contributed by atoms with E-state index in [2.05, 4.69) is 11.9 Å². The Balaban J connectivity index is 2.68. The molecule has 0 bridgehead atoms. The minimum absolute atomic E-state index is 0.175. The Labute approximate surface area is 100 Å². The Morgan fingerprint density at radius 2 is 2.24 bits per heavy atom. The monoisotopic (exact) mass is 239 g/mol. The van der Waals surface area contributed by atoms with E-state index in [0.29, 0.717) is 6.54 Å². The van der Waals surface area contributed by atoms with E-state index in [-0.39, 0.29) is 24.6 Å². The lowest BCUT2D eigenvalue weighted by molar-refractivity contribution is -0.148. The van der Waals surface area contributed by atoms with Crippen LogP contribution in [0.25, 0.3) is 0 Å². The van der Waals surface area contributed by atoms with Gasteiger partial charge in [-0.05, 0) is 11.6 Å². The van der Waals surface area contributed by atoms with Gasteiger partial charge in [0.15, 0.2) is 0 Å². The minimum atomic E-state index is -0.436. The molecule has 0 saturated heterocycles. The molecule has 0 radical (unpaired) electrons. The zero-order chi connectivity index (χ0) is 12.8. The first kappa shape index (κ1) is 13.4. The summed E-state index contributed by atoms with van der Waals surface area (Å²) in [7, 11) is 0. The minimum Gasteiger partial charge on any atom is -0.464 e. The maximum Gasteiger partial charge on any atom is 0.303 e. The molecule has 1 heterocycles. The number of ether oxygens (including phenoxy) is 2. The summed E-state index contributed by atoms with van der Waals surface area (Å²) in [6.45, 7) is 7.14. The van der Waals surface area contributed by atoms with Gasteiger partial charge in [0.2, 0.25) is 0 Å². The Morgan fingerprint density at radius 1 is 1.53 bits per heavy atom. The fraction of sp³-hybridized carbons (Fsp3) is 0.500. The first-order valence-electron chi connectivity index (χ1n) is 5.40. The van der Waals surface area contributed by atoms with Gasteiger partial charge in [0, 0.05) is 20.4 Å². The molecule has 0 amide bonds. The van der Waals surface area contributed by atoms with Gasteiger partial charge >= 0.3 is 11.9 Å². The predicted molar refractivity (Wildman–Crippen MR) is 62.3 cm³/mol. The second-order valence-corrected chi connectivity index (χ2v) is 3.81. The van der Waals surface area contributed by atoms with Crippen LogP contribution in [0.1, 0.15) is 13.8 Å². The standard InChI is InChI=1S/C12H17NO4/c1-4-10-5-12(17-9(3)15)11(13-6-10)7-16-8(2)14/h4-5,11-13H,1,6-7H2,2-3H3/t11-,12+/m1/s1. The first-order chi connectivity index (χ1) is 8.02. The van der Waals surface area contributed by atoms with E-state index in [1.54, 1.807) is 6.08 Å². The van der Waals surface area contributed by atoms with Crippen LogP contribution in [-0.2, 0) is 19.1 Å². The lowest BCUT2D eigenvalue weighted by Gasteiger charge is -2.29. The maximum atomic E-state index is 11.0. The van der Waals surface area contributed by atoms with Crippen molar-refractivity contribution in [2.75, 3.05) is 13.2 Å². The summed E-state index contributed by atoms with van der Waals surface area (Å²) in [5.74, 6) is -0.724. The number of rotatable bonds is 4. The summed E-state index contributed by atoms with van der Waals surface area (Å²) < 4.78 is 10.1. The Bertz CT molecular complexity index is 348. The number of carbonyl (C=O) groups excluding carboxylic acids is 2. The molecule has 5 heteroatoms. The lowest BCUT2D eigenvalue weighted by Crippen LogP contribution is -2.48. The predicted octanol–water partition coefficient (Wildman–Crippen LogP) is 0.565. The smallest absolute Gasteiger partial charge is 0.303 e. The third-order valence-corrected chi connectivity index (χ3v) is 2.37. The molecular formula is C12H17NO4. The highest BCUT2D eigenvalue weighted by Gasteiger charge is 2.26. The van der Waals surface area contributed by atoms with Gasteiger partial charge in [0.25, 0.3) is 0 Å². The second kappa shape index (κ2) is 6.20. The van der Waals surface area contributed by atoms with E-state index in [0.717, 1.165) is 5.57 Å². The van der Waals surface area contributed by atoms with Crippen LogP contribution < -0.4 is 5.32 Å². The molecular weight excluding hydrogens is 222 g/mol. The van der Waals surface area contributed by atoms with E-state index in [9.17, 15) is 9.59 Å². The van der Waals surface area contributed by atoms with Gasteiger partial charge in [0.05, 0.1) is 6.04 Å². The molecule has 5 nitrogen and oxygen atoms in total. The van der Waals surface area contributed by atoms with Gasteiger partial charge in [-0.25, -0.2) is 0 Å². The first-order valence-corrected chi connectivity index (χ1v) is 5.40. The number of nitrogens with one attached hydrogen (secondary N) is 1. The van der Waals surface area contributed by atoms with E-state index in [1.165, 1.54) is 13.8 Å². The van der Waals surface area contributed by atoms with E-state index in [4.69, 9.17) is 9.47 Å². The average molecular weight is 239 g/mol. The number of hydrogen-bond donors (Lipinski definition) is 1. The molecule has 0 saturated carbocycles. The van der Waals surface area contributed by atoms with Gasteiger partial charge in [-0.3, -0.25) is 9.59 Å². The summed E-state index contributed by atoms with van der Waals surface area (Å²) in [6, 6.07) is -0.216. The third kappa shape index (κ3) is 4.40. The zero-order valence-corrected chi connectivity index (χ0v) is 10.1. The molecule has 0 aromatic heterocycles. The highest BCUT2D eigenvalue weighted by molar-refractivity contribution is 5.67. The summed E-state index contributed by atoms with van der Waals surface area (Å²) in [5.41, 5.74) is 0.954. The van der Waals surface area contributed by atoms with Crippen LogP contribution in [0.15, 0.2) is 24.3 Å². The van der Waals surface area contributed by atoms with Crippen molar-refractivity contribution in [3.63, 3.8) is 0 Å². The van der Waals surface area contributed by atoms with Crippen LogP contribution in [0.2, 0.25) is 0 Å². The third-order valence-electron chi connectivity index (χ3n) is 2.37. The highest BCUT2D eigenvalue weighted by atomic mass is 16.6. The highest BCUT2D eigenvalue weighted by Crippen LogP contribution is 2.13. The number of hydrogen-bond acceptors (Lipinski definition) is 5. The van der Waals surface area contributed by atoms with Crippen LogP contribution in [-0.4, -0.2) is 37.2 Å². The molecule has 0 aromatic rings. The number of esters is 2. The van der Waals surface area contributed by atoms with E-state index >= 15 is 0 Å². The van der Waals surface area contributed by atoms with E-state index < -0.39 is 6.10 Å². The van der Waals surface area contributed by atoms with Gasteiger partial charge in [-0.15, -0.1) is 0 Å². The van der Waals surface area contributed by atoms with Crippen molar-refractivity contribution in [2.24, 2.45) is 0 Å². The van der Waals surface area contributed by atoms with Crippen molar-refractivity contribution in [2.45, 2.75) is 26.0 Å². The van der Waals surface area contributed by atoms with Crippen molar-refractivity contribution in [1.29, 1.82) is 0 Å². The summed E-state index contributed by atoms with van der Waals surface area (Å²) >= 11 is 0. The van der Waals surface area contributed by atoms with Crippen LogP contribution >= 0.6 is 0 Å². The Morgan fingerprint density at radius 3 is 2.76 bits per heavy atom. The van der Waals surface area contributed by atoms with Crippen molar-refractivity contribution in [3.05, 3.63) is 24.3 Å². The molecule has 1 rings (SSSR count). The van der Waals surface area contributed by atoms with Gasteiger partial charge in [0.1, 0.15) is 12.7 Å². The molecule has 1 aliphatic rings. The van der Waals surface area contributed by atoms with Crippen LogP contribution in [0.5, 0.6) is 0 Å². The molecule has 0 aromatic carbocycles.